The lowest BCUT2D eigenvalue weighted by atomic mass is 10.1. The maximum Gasteiger partial charge on any atom is 0.185 e. The van der Waals surface area contributed by atoms with Gasteiger partial charge in [-0.25, -0.2) is 0 Å². The molecule has 78 valence electrons. The highest BCUT2D eigenvalue weighted by molar-refractivity contribution is 8.13. The second-order valence-corrected chi connectivity index (χ2v) is 4.50. The lowest BCUT2D eigenvalue weighted by molar-refractivity contribution is -0.109. The first-order chi connectivity index (χ1) is 6.16. The first-order valence-corrected chi connectivity index (χ1v) is 5.96. The van der Waals surface area contributed by atoms with Gasteiger partial charge in [0.1, 0.15) is 0 Å². The predicted molar refractivity (Wildman–Crippen MR) is 57.9 cm³/mol. The second kappa shape index (κ2) is 8.57. The second-order valence-electron chi connectivity index (χ2n) is 3.31. The molecule has 1 atom stereocenters. The zero-order valence-corrected chi connectivity index (χ0v) is 9.40. The largest absolute Gasteiger partial charge is 0.392 e. The van der Waals surface area contributed by atoms with Gasteiger partial charge in [0.2, 0.25) is 0 Å². The molecule has 0 rings (SSSR count). The molecule has 0 aromatic rings. The van der Waals surface area contributed by atoms with Crippen LogP contribution in [-0.2, 0) is 4.79 Å². The van der Waals surface area contributed by atoms with E-state index in [-0.39, 0.29) is 11.2 Å². The Bertz CT molecular complexity index is 137. The summed E-state index contributed by atoms with van der Waals surface area (Å²) in [5, 5.41) is 9.51. The fourth-order valence-electron chi connectivity index (χ4n) is 1.10. The van der Waals surface area contributed by atoms with Gasteiger partial charge in [-0.1, -0.05) is 44.4 Å². The van der Waals surface area contributed by atoms with Gasteiger partial charge in [0.15, 0.2) is 5.12 Å². The summed E-state index contributed by atoms with van der Waals surface area (Å²) in [6.45, 7) is 3.70. The van der Waals surface area contributed by atoms with E-state index < -0.39 is 0 Å². The van der Waals surface area contributed by atoms with Crippen LogP contribution < -0.4 is 0 Å². The molecule has 0 aliphatic rings. The minimum atomic E-state index is -0.300. The third-order valence-corrected chi connectivity index (χ3v) is 2.83. The SMILES string of the molecule is CCCCCC[C@H](O)CSC(C)=O. The number of carbonyl (C=O) groups excluding carboxylic acids is 1. The van der Waals surface area contributed by atoms with Gasteiger partial charge in [0.25, 0.3) is 0 Å². The highest BCUT2D eigenvalue weighted by Gasteiger charge is 2.05. The molecule has 0 radical (unpaired) electrons. The number of rotatable bonds is 7. The van der Waals surface area contributed by atoms with Crippen LogP contribution in [0.2, 0.25) is 0 Å². The highest BCUT2D eigenvalue weighted by Crippen LogP contribution is 2.10. The molecular formula is C10H20O2S. The molecule has 0 aliphatic carbocycles. The molecule has 0 aromatic carbocycles. The monoisotopic (exact) mass is 204 g/mol. The normalized spacial score (nSPS) is 12.8. The molecule has 0 saturated heterocycles. The van der Waals surface area contributed by atoms with E-state index in [9.17, 15) is 9.90 Å². The minimum Gasteiger partial charge on any atom is -0.392 e. The van der Waals surface area contributed by atoms with Gasteiger partial charge < -0.3 is 5.11 Å². The van der Waals surface area contributed by atoms with E-state index in [1.54, 1.807) is 0 Å². The first kappa shape index (κ1) is 13.0. The Morgan fingerprint density at radius 2 is 2.08 bits per heavy atom. The predicted octanol–water partition coefficient (Wildman–Crippen LogP) is 2.60. The molecule has 2 nitrogen and oxygen atoms in total. The Hall–Kier alpha value is -0.0200. The van der Waals surface area contributed by atoms with Crippen molar-refractivity contribution in [1.82, 2.24) is 0 Å². The molecular weight excluding hydrogens is 184 g/mol. The average Bonchev–Trinajstić information content (AvgIpc) is 2.09. The van der Waals surface area contributed by atoms with Gasteiger partial charge in [-0.15, -0.1) is 0 Å². The summed E-state index contributed by atoms with van der Waals surface area (Å²) < 4.78 is 0. The van der Waals surface area contributed by atoms with Crippen LogP contribution in [0.25, 0.3) is 0 Å². The van der Waals surface area contributed by atoms with Gasteiger partial charge in [-0.05, 0) is 6.42 Å². The number of hydrogen-bond donors (Lipinski definition) is 1. The van der Waals surface area contributed by atoms with Crippen molar-refractivity contribution < 1.29 is 9.90 Å². The Morgan fingerprint density at radius 1 is 1.38 bits per heavy atom. The molecule has 3 heteroatoms. The number of thioether (sulfide) groups is 1. The number of hydrogen-bond acceptors (Lipinski definition) is 3. The molecule has 0 aliphatic heterocycles. The van der Waals surface area contributed by atoms with Crippen molar-refractivity contribution in [2.75, 3.05) is 5.75 Å². The average molecular weight is 204 g/mol. The van der Waals surface area contributed by atoms with E-state index in [2.05, 4.69) is 6.92 Å². The minimum absolute atomic E-state index is 0.0904. The van der Waals surface area contributed by atoms with E-state index in [0.717, 1.165) is 12.8 Å². The van der Waals surface area contributed by atoms with Gasteiger partial charge in [0, 0.05) is 12.7 Å². The Labute approximate surface area is 85.1 Å². The Morgan fingerprint density at radius 3 is 2.62 bits per heavy atom. The Balaban J connectivity index is 3.19. The van der Waals surface area contributed by atoms with E-state index in [0.29, 0.717) is 5.75 Å². The summed E-state index contributed by atoms with van der Waals surface area (Å²) in [6.07, 6.45) is 5.27. The van der Waals surface area contributed by atoms with Crippen LogP contribution in [0.5, 0.6) is 0 Å². The smallest absolute Gasteiger partial charge is 0.185 e. The topological polar surface area (TPSA) is 37.3 Å². The molecule has 0 saturated carbocycles. The molecule has 0 spiro atoms. The van der Waals surface area contributed by atoms with Crippen LogP contribution in [-0.4, -0.2) is 22.1 Å². The van der Waals surface area contributed by atoms with Crippen molar-refractivity contribution in [3.63, 3.8) is 0 Å². The van der Waals surface area contributed by atoms with E-state index in [4.69, 9.17) is 0 Å². The molecule has 1 N–H and O–H groups in total. The van der Waals surface area contributed by atoms with Crippen LogP contribution in [0.1, 0.15) is 46.0 Å². The Kier molecular flexibility index (Phi) is 8.56. The number of unbranched alkanes of at least 4 members (excludes halogenated alkanes) is 3. The number of carbonyl (C=O) groups is 1. The van der Waals surface area contributed by atoms with Crippen LogP contribution in [0.15, 0.2) is 0 Å². The van der Waals surface area contributed by atoms with Crippen LogP contribution in [0, 0.1) is 0 Å². The molecule has 0 amide bonds. The van der Waals surface area contributed by atoms with Crippen molar-refractivity contribution >= 4 is 16.9 Å². The molecule has 0 fully saturated rings. The zero-order valence-electron chi connectivity index (χ0n) is 8.58. The van der Waals surface area contributed by atoms with Crippen LogP contribution >= 0.6 is 11.8 Å². The fourth-order valence-corrected chi connectivity index (χ4v) is 1.70. The summed E-state index contributed by atoms with van der Waals surface area (Å²) in [7, 11) is 0. The molecule has 0 bridgehead atoms. The zero-order chi connectivity index (χ0) is 10.1. The fraction of sp³-hybridized carbons (Fsp3) is 0.900. The summed E-state index contributed by atoms with van der Waals surface area (Å²) >= 11 is 1.21. The van der Waals surface area contributed by atoms with Gasteiger partial charge in [0.05, 0.1) is 6.10 Å². The highest BCUT2D eigenvalue weighted by atomic mass is 32.2. The van der Waals surface area contributed by atoms with Crippen molar-refractivity contribution in [2.24, 2.45) is 0 Å². The molecule has 0 unspecified atom stereocenters. The van der Waals surface area contributed by atoms with Gasteiger partial charge in [-0.2, -0.15) is 0 Å². The number of aliphatic hydroxyl groups excluding tert-OH is 1. The number of aliphatic hydroxyl groups is 1. The van der Waals surface area contributed by atoms with E-state index in [1.165, 1.54) is 37.9 Å². The van der Waals surface area contributed by atoms with Crippen molar-refractivity contribution in [3.05, 3.63) is 0 Å². The van der Waals surface area contributed by atoms with Gasteiger partial charge >= 0.3 is 0 Å². The lowest BCUT2D eigenvalue weighted by Crippen LogP contribution is -2.10. The van der Waals surface area contributed by atoms with Crippen molar-refractivity contribution in [1.29, 1.82) is 0 Å². The van der Waals surface area contributed by atoms with E-state index in [1.807, 2.05) is 0 Å². The lowest BCUT2D eigenvalue weighted by Gasteiger charge is -2.07. The third kappa shape index (κ3) is 9.90. The van der Waals surface area contributed by atoms with Gasteiger partial charge in [-0.3, -0.25) is 4.79 Å². The maximum absolute atomic E-state index is 10.6. The summed E-state index contributed by atoms with van der Waals surface area (Å²) in [6, 6.07) is 0. The summed E-state index contributed by atoms with van der Waals surface area (Å²) in [5.74, 6) is 0.557. The van der Waals surface area contributed by atoms with Crippen molar-refractivity contribution in [3.8, 4) is 0 Å². The molecule has 0 heterocycles. The van der Waals surface area contributed by atoms with Crippen LogP contribution in [0.4, 0.5) is 0 Å². The summed E-state index contributed by atoms with van der Waals surface area (Å²) in [5.41, 5.74) is 0. The maximum atomic E-state index is 10.6. The quantitative estimate of drug-likeness (QED) is 0.648. The molecule has 0 aromatic heterocycles. The standard InChI is InChI=1S/C10H20O2S/c1-3-4-5-6-7-10(12)8-13-9(2)11/h10,12H,3-8H2,1-2H3/t10-/m0/s1. The molecule has 13 heavy (non-hydrogen) atoms. The van der Waals surface area contributed by atoms with E-state index >= 15 is 0 Å². The third-order valence-electron chi connectivity index (χ3n) is 1.87. The first-order valence-electron chi connectivity index (χ1n) is 4.98. The van der Waals surface area contributed by atoms with Crippen LogP contribution in [0.3, 0.4) is 0 Å². The van der Waals surface area contributed by atoms with Crippen molar-refractivity contribution in [2.45, 2.75) is 52.1 Å². The summed E-state index contributed by atoms with van der Waals surface area (Å²) in [4.78, 5) is 10.6.